The third kappa shape index (κ3) is 3.47. The predicted molar refractivity (Wildman–Crippen MR) is 66.6 cm³/mol. The molecule has 0 aliphatic carbocycles. The van der Waals surface area contributed by atoms with Crippen molar-refractivity contribution in [2.24, 2.45) is 0 Å². The Kier molecular flexibility index (Phi) is 4.46. The van der Waals surface area contributed by atoms with Gasteiger partial charge < -0.3 is 10.1 Å². The van der Waals surface area contributed by atoms with Gasteiger partial charge in [-0.25, -0.2) is 12.8 Å². The molecule has 1 aromatic rings. The summed E-state index contributed by atoms with van der Waals surface area (Å²) in [4.78, 5) is 3.40. The van der Waals surface area contributed by atoms with Crippen LogP contribution < -0.4 is 5.32 Å². The van der Waals surface area contributed by atoms with Gasteiger partial charge in [-0.1, -0.05) is 0 Å². The number of pyridine rings is 1. The highest BCUT2D eigenvalue weighted by molar-refractivity contribution is 7.89. The number of halogens is 1. The van der Waals surface area contributed by atoms with Crippen LogP contribution in [-0.4, -0.2) is 57.1 Å². The van der Waals surface area contributed by atoms with Gasteiger partial charge in [0.2, 0.25) is 10.0 Å². The molecule has 106 valence electrons. The van der Waals surface area contributed by atoms with Crippen molar-refractivity contribution in [3.05, 3.63) is 24.3 Å². The molecule has 8 heteroatoms. The van der Waals surface area contributed by atoms with Crippen LogP contribution in [0, 0.1) is 5.82 Å². The number of rotatable bonds is 4. The minimum atomic E-state index is -3.74. The van der Waals surface area contributed by atoms with E-state index in [1.807, 2.05) is 0 Å². The monoisotopic (exact) mass is 289 g/mol. The van der Waals surface area contributed by atoms with Crippen molar-refractivity contribution < 1.29 is 17.5 Å². The van der Waals surface area contributed by atoms with Gasteiger partial charge in [0.1, 0.15) is 10.7 Å². The average Bonchev–Trinajstić information content (AvgIpc) is 2.40. The van der Waals surface area contributed by atoms with E-state index in [9.17, 15) is 12.8 Å². The van der Waals surface area contributed by atoms with E-state index >= 15 is 0 Å². The van der Waals surface area contributed by atoms with Gasteiger partial charge >= 0.3 is 0 Å². The van der Waals surface area contributed by atoms with E-state index in [4.69, 9.17) is 4.74 Å². The number of hydrogen-bond acceptors (Lipinski definition) is 5. The smallest absolute Gasteiger partial charge is 0.244 e. The highest BCUT2D eigenvalue weighted by atomic mass is 32.2. The maximum atomic E-state index is 13.0. The van der Waals surface area contributed by atoms with Gasteiger partial charge in [0.25, 0.3) is 0 Å². The highest BCUT2D eigenvalue weighted by Crippen LogP contribution is 2.15. The van der Waals surface area contributed by atoms with Gasteiger partial charge in [0.05, 0.1) is 18.9 Å². The number of morpholine rings is 1. The third-order valence-electron chi connectivity index (χ3n) is 2.85. The maximum absolute atomic E-state index is 13.0. The number of aromatic nitrogens is 1. The lowest BCUT2D eigenvalue weighted by Gasteiger charge is -2.27. The van der Waals surface area contributed by atoms with Crippen LogP contribution in [0.2, 0.25) is 0 Å². The molecular weight excluding hydrogens is 273 g/mol. The van der Waals surface area contributed by atoms with Crippen LogP contribution in [0.5, 0.6) is 0 Å². The van der Waals surface area contributed by atoms with Gasteiger partial charge in [-0.15, -0.1) is 0 Å². The van der Waals surface area contributed by atoms with Crippen molar-refractivity contribution in [2.75, 3.05) is 33.3 Å². The Balaban J connectivity index is 2.10. The summed E-state index contributed by atoms with van der Waals surface area (Å²) >= 11 is 0. The Morgan fingerprint density at radius 2 is 2.37 bits per heavy atom. The summed E-state index contributed by atoms with van der Waals surface area (Å²) in [6.07, 6.45) is 1.90. The minimum Gasteiger partial charge on any atom is -0.374 e. The molecule has 1 unspecified atom stereocenters. The number of nitrogens with zero attached hydrogens (tertiary/aromatic N) is 2. The van der Waals surface area contributed by atoms with Crippen molar-refractivity contribution in [2.45, 2.75) is 11.0 Å². The van der Waals surface area contributed by atoms with Gasteiger partial charge in [0, 0.05) is 32.9 Å². The summed E-state index contributed by atoms with van der Waals surface area (Å²) in [5, 5.41) is 3.12. The first kappa shape index (κ1) is 14.3. The largest absolute Gasteiger partial charge is 0.374 e. The Morgan fingerprint density at radius 1 is 1.58 bits per heavy atom. The molecule has 0 radical (unpaired) electrons. The molecule has 1 fully saturated rings. The zero-order valence-electron chi connectivity index (χ0n) is 10.5. The van der Waals surface area contributed by atoms with Gasteiger partial charge in [-0.2, -0.15) is 4.31 Å². The fourth-order valence-corrected chi connectivity index (χ4v) is 3.01. The zero-order valence-corrected chi connectivity index (χ0v) is 11.4. The maximum Gasteiger partial charge on any atom is 0.244 e. The quantitative estimate of drug-likeness (QED) is 0.833. The summed E-state index contributed by atoms with van der Waals surface area (Å²) in [5.74, 6) is -0.676. The van der Waals surface area contributed by atoms with Crippen LogP contribution >= 0.6 is 0 Å². The molecule has 19 heavy (non-hydrogen) atoms. The molecule has 0 spiro atoms. The normalized spacial score (nSPS) is 20.7. The van der Waals surface area contributed by atoms with Crippen molar-refractivity contribution >= 4 is 10.0 Å². The van der Waals surface area contributed by atoms with Gasteiger partial charge in [-0.05, 0) is 6.07 Å². The van der Waals surface area contributed by atoms with E-state index in [2.05, 4.69) is 10.3 Å². The average molecular weight is 289 g/mol. The van der Waals surface area contributed by atoms with E-state index < -0.39 is 15.8 Å². The molecule has 1 aliphatic rings. The molecule has 6 nitrogen and oxygen atoms in total. The number of likely N-dealkylation sites (N-methyl/N-ethyl adjacent to an activating group) is 1. The fraction of sp³-hybridized carbons (Fsp3) is 0.545. The second kappa shape index (κ2) is 5.91. The second-order valence-electron chi connectivity index (χ2n) is 4.32. The molecular formula is C11H16FN3O3S. The highest BCUT2D eigenvalue weighted by Gasteiger charge is 2.25. The number of sulfonamides is 1. The van der Waals surface area contributed by atoms with Crippen LogP contribution in [-0.2, 0) is 14.8 Å². The minimum absolute atomic E-state index is 0.154. The Bertz CT molecular complexity index is 532. The molecule has 0 saturated carbocycles. The Hall–Kier alpha value is -1.09. The van der Waals surface area contributed by atoms with Crippen LogP contribution in [0.1, 0.15) is 0 Å². The van der Waals surface area contributed by atoms with E-state index in [-0.39, 0.29) is 17.5 Å². The van der Waals surface area contributed by atoms with Crippen LogP contribution in [0.15, 0.2) is 23.4 Å². The molecule has 1 saturated heterocycles. The molecule has 0 bridgehead atoms. The predicted octanol–water partition coefficient (Wildman–Crippen LogP) is -0.170. The van der Waals surface area contributed by atoms with E-state index in [0.29, 0.717) is 13.2 Å². The first-order valence-electron chi connectivity index (χ1n) is 5.89. The zero-order chi connectivity index (χ0) is 13.9. The lowest BCUT2D eigenvalue weighted by molar-refractivity contribution is 0.0206. The van der Waals surface area contributed by atoms with Gasteiger partial charge in [-0.3, -0.25) is 4.98 Å². The third-order valence-corrected chi connectivity index (χ3v) is 4.64. The van der Waals surface area contributed by atoms with E-state index in [1.165, 1.54) is 7.05 Å². The van der Waals surface area contributed by atoms with E-state index in [1.54, 1.807) is 0 Å². The summed E-state index contributed by atoms with van der Waals surface area (Å²) in [6.45, 7) is 2.13. The van der Waals surface area contributed by atoms with E-state index in [0.717, 1.165) is 29.3 Å². The topological polar surface area (TPSA) is 71.5 Å². The van der Waals surface area contributed by atoms with Crippen LogP contribution in [0.3, 0.4) is 0 Å². The SMILES string of the molecule is CN(CC1CNCCO1)S(=O)(=O)c1cncc(F)c1. The van der Waals surface area contributed by atoms with Crippen molar-refractivity contribution in [3.8, 4) is 0 Å². The van der Waals surface area contributed by atoms with Gasteiger partial charge in [0.15, 0.2) is 0 Å². The van der Waals surface area contributed by atoms with Crippen LogP contribution in [0.25, 0.3) is 0 Å². The summed E-state index contributed by atoms with van der Waals surface area (Å²) in [7, 11) is -2.30. The summed E-state index contributed by atoms with van der Waals surface area (Å²) < 4.78 is 44.0. The summed E-state index contributed by atoms with van der Waals surface area (Å²) in [5.41, 5.74) is 0. The first-order valence-corrected chi connectivity index (χ1v) is 7.33. The molecule has 1 N–H and O–H groups in total. The first-order chi connectivity index (χ1) is 9.00. The molecule has 2 rings (SSSR count). The molecule has 0 aromatic carbocycles. The Labute approximate surface area is 111 Å². The summed E-state index contributed by atoms with van der Waals surface area (Å²) in [6, 6.07) is 0.957. The van der Waals surface area contributed by atoms with Crippen molar-refractivity contribution in [1.82, 2.24) is 14.6 Å². The molecule has 1 aliphatic heterocycles. The van der Waals surface area contributed by atoms with Crippen LogP contribution in [0.4, 0.5) is 4.39 Å². The Morgan fingerprint density at radius 3 is 3.00 bits per heavy atom. The molecule has 1 aromatic heterocycles. The number of nitrogens with one attached hydrogen (secondary N) is 1. The fourth-order valence-electron chi connectivity index (χ4n) is 1.84. The lowest BCUT2D eigenvalue weighted by Crippen LogP contribution is -2.45. The molecule has 2 heterocycles. The number of ether oxygens (including phenoxy) is 1. The molecule has 0 amide bonds. The van der Waals surface area contributed by atoms with Crippen molar-refractivity contribution in [1.29, 1.82) is 0 Å². The number of hydrogen-bond donors (Lipinski definition) is 1. The standard InChI is InChI=1S/C11H16FN3O3S/c1-15(8-10-6-13-2-3-18-10)19(16,17)11-4-9(12)5-14-7-11/h4-5,7,10,13H,2-3,6,8H2,1H3. The van der Waals surface area contributed by atoms with Crippen molar-refractivity contribution in [3.63, 3.8) is 0 Å². The lowest BCUT2D eigenvalue weighted by atomic mass is 10.3. The second-order valence-corrected chi connectivity index (χ2v) is 6.37. The molecule has 1 atom stereocenters.